The average Bonchev–Trinajstić information content (AvgIpc) is 2.81. The first-order valence-electron chi connectivity index (χ1n) is 5.66. The molecular weight excluding hydrogens is 236 g/mol. The zero-order valence-corrected chi connectivity index (χ0v) is 10.1. The zero-order valence-electron chi connectivity index (χ0n) is 10.1. The van der Waals surface area contributed by atoms with Gasteiger partial charge in [0.25, 0.3) is 0 Å². The normalized spacial score (nSPS) is 14.4. The van der Waals surface area contributed by atoms with Crippen molar-refractivity contribution in [1.82, 2.24) is 5.32 Å². The lowest BCUT2D eigenvalue weighted by Gasteiger charge is -2.11. The molecular formula is C12H16N2O4. The number of aliphatic hydroxyl groups excluding tert-OH is 1. The van der Waals surface area contributed by atoms with Crippen LogP contribution in [0.5, 0.6) is 11.5 Å². The van der Waals surface area contributed by atoms with Gasteiger partial charge in [-0.15, -0.1) is 0 Å². The summed E-state index contributed by atoms with van der Waals surface area (Å²) in [5, 5.41) is 11.9. The van der Waals surface area contributed by atoms with Crippen molar-refractivity contribution in [2.75, 3.05) is 13.3 Å². The molecule has 4 N–H and O–H groups in total. The highest BCUT2D eigenvalue weighted by Crippen LogP contribution is 2.34. The van der Waals surface area contributed by atoms with Gasteiger partial charge in [-0.2, -0.15) is 0 Å². The number of hydrogen-bond donors (Lipinski definition) is 3. The minimum Gasteiger partial charge on any atom is -0.454 e. The number of ether oxygens (including phenoxy) is 2. The molecule has 0 spiro atoms. The molecule has 1 aromatic carbocycles. The van der Waals surface area contributed by atoms with Crippen molar-refractivity contribution in [2.45, 2.75) is 19.6 Å². The van der Waals surface area contributed by atoms with E-state index in [1.807, 2.05) is 19.1 Å². The fourth-order valence-electron chi connectivity index (χ4n) is 1.68. The number of aliphatic hydroxyl groups is 1. The Balaban J connectivity index is 2.04. The van der Waals surface area contributed by atoms with Crippen LogP contribution in [0.15, 0.2) is 12.1 Å². The van der Waals surface area contributed by atoms with Gasteiger partial charge in [0.1, 0.15) is 6.10 Å². The van der Waals surface area contributed by atoms with Crippen LogP contribution in [0.2, 0.25) is 0 Å². The molecule has 0 fully saturated rings. The molecule has 0 radical (unpaired) electrons. The molecule has 1 heterocycles. The van der Waals surface area contributed by atoms with Crippen molar-refractivity contribution in [3.05, 3.63) is 23.3 Å². The van der Waals surface area contributed by atoms with Crippen molar-refractivity contribution in [2.24, 2.45) is 5.73 Å². The zero-order chi connectivity index (χ0) is 13.1. The minimum atomic E-state index is -1.17. The summed E-state index contributed by atoms with van der Waals surface area (Å²) in [7, 11) is 0. The second-order valence-corrected chi connectivity index (χ2v) is 4.10. The molecule has 0 bridgehead atoms. The molecule has 1 amide bonds. The maximum atomic E-state index is 11.4. The quantitative estimate of drug-likeness (QED) is 0.681. The minimum absolute atomic E-state index is 0.0913. The predicted octanol–water partition coefficient (Wildman–Crippen LogP) is -0.340. The van der Waals surface area contributed by atoms with Gasteiger partial charge < -0.3 is 25.6 Å². The number of aryl methyl sites for hydroxylation is 1. The van der Waals surface area contributed by atoms with E-state index in [-0.39, 0.29) is 13.3 Å². The first-order chi connectivity index (χ1) is 8.61. The summed E-state index contributed by atoms with van der Waals surface area (Å²) in [6, 6.07) is 3.69. The third-order valence-corrected chi connectivity index (χ3v) is 2.81. The lowest BCUT2D eigenvalue weighted by molar-refractivity contribution is -0.128. The molecule has 1 atom stereocenters. The highest BCUT2D eigenvalue weighted by atomic mass is 16.7. The molecule has 0 aromatic heterocycles. The van der Waals surface area contributed by atoms with Crippen molar-refractivity contribution < 1.29 is 19.4 Å². The SMILES string of the molecule is Cc1cc2c(cc1CNC(=O)C(O)CN)OCO2. The third kappa shape index (κ3) is 2.55. The summed E-state index contributed by atoms with van der Waals surface area (Å²) in [4.78, 5) is 11.4. The molecule has 1 aliphatic heterocycles. The van der Waals surface area contributed by atoms with E-state index in [4.69, 9.17) is 15.2 Å². The Morgan fingerprint density at radius 2 is 2.17 bits per heavy atom. The third-order valence-electron chi connectivity index (χ3n) is 2.81. The number of carbonyl (C=O) groups is 1. The maximum absolute atomic E-state index is 11.4. The van der Waals surface area contributed by atoms with Gasteiger partial charge in [-0.3, -0.25) is 4.79 Å². The van der Waals surface area contributed by atoms with Gasteiger partial charge in [0.2, 0.25) is 12.7 Å². The van der Waals surface area contributed by atoms with Gasteiger partial charge in [0, 0.05) is 13.1 Å². The molecule has 0 saturated heterocycles. The maximum Gasteiger partial charge on any atom is 0.250 e. The van der Waals surface area contributed by atoms with Gasteiger partial charge in [0.15, 0.2) is 11.5 Å². The molecule has 98 valence electrons. The number of nitrogens with two attached hydrogens (primary N) is 1. The van der Waals surface area contributed by atoms with Gasteiger partial charge >= 0.3 is 0 Å². The molecule has 0 aliphatic carbocycles. The Bertz CT molecular complexity index is 462. The van der Waals surface area contributed by atoms with Gasteiger partial charge in [-0.05, 0) is 30.2 Å². The summed E-state index contributed by atoms with van der Waals surface area (Å²) in [5.74, 6) is 0.906. The van der Waals surface area contributed by atoms with Gasteiger partial charge in [-0.1, -0.05) is 0 Å². The lowest BCUT2D eigenvalue weighted by atomic mass is 10.1. The van der Waals surface area contributed by atoms with Crippen molar-refractivity contribution >= 4 is 5.91 Å². The van der Waals surface area contributed by atoms with Crippen LogP contribution in [-0.4, -0.2) is 30.5 Å². The summed E-state index contributed by atoms with van der Waals surface area (Å²) in [6.45, 7) is 2.36. The van der Waals surface area contributed by atoms with Crippen LogP contribution in [0.1, 0.15) is 11.1 Å². The first kappa shape index (κ1) is 12.7. The number of amides is 1. The molecule has 1 aliphatic rings. The van der Waals surface area contributed by atoms with Gasteiger partial charge in [-0.25, -0.2) is 0 Å². The second kappa shape index (κ2) is 5.24. The fraction of sp³-hybridized carbons (Fsp3) is 0.417. The Kier molecular flexibility index (Phi) is 3.69. The van der Waals surface area contributed by atoms with E-state index in [0.717, 1.165) is 11.1 Å². The summed E-state index contributed by atoms with van der Waals surface area (Å²) in [5.41, 5.74) is 7.10. The van der Waals surface area contributed by atoms with E-state index in [0.29, 0.717) is 18.0 Å². The first-order valence-corrected chi connectivity index (χ1v) is 5.66. The fourth-order valence-corrected chi connectivity index (χ4v) is 1.68. The average molecular weight is 252 g/mol. The van der Waals surface area contributed by atoms with E-state index in [9.17, 15) is 9.90 Å². The van der Waals surface area contributed by atoms with Crippen molar-refractivity contribution in [1.29, 1.82) is 0 Å². The highest BCUT2D eigenvalue weighted by Gasteiger charge is 2.17. The van der Waals surface area contributed by atoms with Crippen LogP contribution in [0.25, 0.3) is 0 Å². The smallest absolute Gasteiger partial charge is 0.250 e. The van der Waals surface area contributed by atoms with Gasteiger partial charge in [0.05, 0.1) is 0 Å². The van der Waals surface area contributed by atoms with Crippen LogP contribution in [0.4, 0.5) is 0 Å². The molecule has 2 rings (SSSR count). The number of hydrogen-bond acceptors (Lipinski definition) is 5. The molecule has 6 heteroatoms. The Morgan fingerprint density at radius 3 is 2.83 bits per heavy atom. The van der Waals surface area contributed by atoms with E-state index in [1.165, 1.54) is 0 Å². The van der Waals surface area contributed by atoms with Crippen LogP contribution in [-0.2, 0) is 11.3 Å². The van der Waals surface area contributed by atoms with Crippen LogP contribution in [0.3, 0.4) is 0 Å². The van der Waals surface area contributed by atoms with Crippen molar-refractivity contribution in [3.8, 4) is 11.5 Å². The Hall–Kier alpha value is -1.79. The summed E-state index contributed by atoms with van der Waals surface area (Å²) in [6.07, 6.45) is -1.17. The number of benzene rings is 1. The van der Waals surface area contributed by atoms with E-state index in [2.05, 4.69) is 5.32 Å². The molecule has 18 heavy (non-hydrogen) atoms. The van der Waals surface area contributed by atoms with Crippen molar-refractivity contribution in [3.63, 3.8) is 0 Å². The van der Waals surface area contributed by atoms with Crippen LogP contribution >= 0.6 is 0 Å². The second-order valence-electron chi connectivity index (χ2n) is 4.10. The monoisotopic (exact) mass is 252 g/mol. The Morgan fingerprint density at radius 1 is 1.50 bits per heavy atom. The predicted molar refractivity (Wildman–Crippen MR) is 64.2 cm³/mol. The topological polar surface area (TPSA) is 93.8 Å². The van der Waals surface area contributed by atoms with E-state index in [1.54, 1.807) is 0 Å². The van der Waals surface area contributed by atoms with E-state index >= 15 is 0 Å². The molecule has 6 nitrogen and oxygen atoms in total. The molecule has 0 saturated carbocycles. The number of fused-ring (bicyclic) bond motifs is 1. The number of nitrogens with one attached hydrogen (secondary N) is 1. The Labute approximate surface area is 105 Å². The highest BCUT2D eigenvalue weighted by molar-refractivity contribution is 5.80. The standard InChI is InChI=1S/C12H16N2O4/c1-7-2-10-11(18-6-17-10)3-8(7)5-14-12(16)9(15)4-13/h2-3,9,15H,4-6,13H2,1H3,(H,14,16). The molecule has 1 unspecified atom stereocenters. The summed E-state index contributed by atoms with van der Waals surface area (Å²) < 4.78 is 10.5. The number of carbonyl (C=O) groups excluding carboxylic acids is 1. The lowest BCUT2D eigenvalue weighted by Crippen LogP contribution is -2.38. The van der Waals surface area contributed by atoms with Crippen LogP contribution < -0.4 is 20.5 Å². The number of rotatable bonds is 4. The summed E-state index contributed by atoms with van der Waals surface area (Å²) >= 11 is 0. The van der Waals surface area contributed by atoms with Crippen LogP contribution in [0, 0.1) is 6.92 Å². The van der Waals surface area contributed by atoms with E-state index < -0.39 is 12.0 Å². The molecule has 1 aromatic rings. The largest absolute Gasteiger partial charge is 0.454 e.